The molecule has 8 N–H and O–H groups in total. The molecule has 0 radical (unpaired) electrons. The Bertz CT molecular complexity index is 2050. The van der Waals surface area contributed by atoms with Gasteiger partial charge in [-0.15, -0.1) is 0 Å². The molecule has 0 unspecified atom stereocenters. The monoisotopic (exact) mass is 827 g/mol. The molecule has 2 aliphatic rings. The number of carboxylic acid groups (broad SMARTS) is 1. The maximum absolute atomic E-state index is 13.1. The summed E-state index contributed by atoms with van der Waals surface area (Å²) in [4.78, 5) is 46.0. The molecule has 0 aromatic heterocycles. The number of halogens is 2. The minimum atomic E-state index is -0.833. The first-order chi connectivity index (χ1) is 26.2. The lowest BCUT2D eigenvalue weighted by Gasteiger charge is -2.13. The van der Waals surface area contributed by atoms with Gasteiger partial charge in [0.2, 0.25) is 0 Å². The van der Waals surface area contributed by atoms with E-state index >= 15 is 0 Å². The molecule has 0 bridgehead atoms. The summed E-state index contributed by atoms with van der Waals surface area (Å²) in [6, 6.07) is 20.4. The molecule has 14 nitrogen and oxygen atoms in total. The van der Waals surface area contributed by atoms with Crippen LogP contribution in [-0.4, -0.2) is 69.4 Å². The number of hydrogen-bond acceptors (Lipinski definition) is 11. The molecule has 0 spiro atoms. The van der Waals surface area contributed by atoms with E-state index in [2.05, 4.69) is 10.6 Å². The third-order valence-electron chi connectivity index (χ3n) is 6.91. The Hall–Kier alpha value is -6.50. The molecule has 4 aromatic rings. The topological polar surface area (TPSA) is 213 Å². The van der Waals surface area contributed by atoms with Crippen LogP contribution in [0.2, 0.25) is 0 Å². The van der Waals surface area contributed by atoms with E-state index in [4.69, 9.17) is 43.8 Å². The predicted molar refractivity (Wildman–Crippen MR) is 221 cm³/mol. The molecule has 18 heteroatoms. The van der Waals surface area contributed by atoms with E-state index in [9.17, 15) is 33.4 Å². The summed E-state index contributed by atoms with van der Waals surface area (Å²) in [5.41, 5.74) is 2.51. The van der Waals surface area contributed by atoms with Crippen molar-refractivity contribution in [2.75, 3.05) is 29.6 Å². The van der Waals surface area contributed by atoms with Gasteiger partial charge in [0.05, 0.1) is 31.1 Å². The number of aldehydes is 1. The number of carboxylic acids is 1. The second-order valence-corrected chi connectivity index (χ2v) is 11.7. The number of carbonyl (C=O) groups excluding carboxylic acids is 3. The number of phenols is 2. The number of aliphatic carboxylic acids is 1. The highest BCUT2D eigenvalue weighted by molar-refractivity contribution is 7.80. The molecule has 2 aliphatic heterocycles. The SMILES string of the molecule is C.CC(=O)O.CCOc1cc(/C=C2\NC(=S)N(c3ccc(F)cc3)C2=O)ccc1O.CCOc1cc(C=O)ccc1O.N.O=C1CNC(=S)N1c1ccc(F)cc1. The fourth-order valence-corrected chi connectivity index (χ4v) is 5.14. The van der Waals surface area contributed by atoms with Gasteiger partial charge in [-0.1, -0.05) is 13.5 Å². The summed E-state index contributed by atoms with van der Waals surface area (Å²) in [5, 5.41) is 32.6. The van der Waals surface area contributed by atoms with Crippen LogP contribution in [-0.2, 0) is 14.4 Å². The standard InChI is InChI=1S/C18H15FN2O3S.C9H7FN2OS.C9H10O3.C2H4O2.CH4.H3N/c1-2-24-16-10-11(3-8-15(16)22)9-14-17(23)21(18(25)20-14)13-6-4-12(19)5-7-13;10-6-1-3-7(4-2-6)12-8(13)5-11-9(12)14;1-2-12-9-5-7(6-10)3-4-8(9)11;1-2(3)4;;/h3-10,22H,2H2,1H3,(H,20,25);1-4H,5H2,(H,11,14);3-6,11H,2H2,1H3;1H3,(H,3,4);1H4;1H3/b14-9-;;;;;. The van der Waals surface area contributed by atoms with Crippen molar-refractivity contribution < 1.29 is 52.8 Å². The Morgan fingerprint density at radius 2 is 1.23 bits per heavy atom. The first-order valence-corrected chi connectivity index (χ1v) is 17.1. The van der Waals surface area contributed by atoms with Crippen LogP contribution in [0.3, 0.4) is 0 Å². The van der Waals surface area contributed by atoms with Gasteiger partial charge in [0, 0.05) is 12.5 Å². The maximum atomic E-state index is 13.1. The van der Waals surface area contributed by atoms with Crippen LogP contribution < -0.4 is 36.1 Å². The Morgan fingerprint density at radius 3 is 1.65 bits per heavy atom. The molecule has 2 saturated heterocycles. The van der Waals surface area contributed by atoms with Crippen molar-refractivity contribution in [1.82, 2.24) is 16.8 Å². The fraction of sp³-hybridized carbons (Fsp3) is 0.179. The molecule has 2 fully saturated rings. The fourth-order valence-electron chi connectivity index (χ4n) is 4.57. The first kappa shape index (κ1) is 48.5. The lowest BCUT2D eigenvalue weighted by molar-refractivity contribution is -0.134. The van der Waals surface area contributed by atoms with Crippen LogP contribution in [0.1, 0.15) is 44.1 Å². The number of aromatic hydroxyl groups is 2. The van der Waals surface area contributed by atoms with Gasteiger partial charge in [-0.3, -0.25) is 29.0 Å². The molecule has 4 aromatic carbocycles. The van der Waals surface area contributed by atoms with Gasteiger partial charge in [0.1, 0.15) is 23.6 Å². The number of benzene rings is 4. The number of hydrogen-bond donors (Lipinski definition) is 6. The minimum absolute atomic E-state index is 0. The molecule has 0 saturated carbocycles. The average molecular weight is 828 g/mol. The third-order valence-corrected chi connectivity index (χ3v) is 7.52. The van der Waals surface area contributed by atoms with Crippen LogP contribution in [0.5, 0.6) is 23.0 Å². The highest BCUT2D eigenvalue weighted by Crippen LogP contribution is 2.29. The first-order valence-electron chi connectivity index (χ1n) is 16.2. The van der Waals surface area contributed by atoms with Gasteiger partial charge in [-0.2, -0.15) is 0 Å². The van der Waals surface area contributed by atoms with Crippen molar-refractivity contribution in [2.24, 2.45) is 0 Å². The van der Waals surface area contributed by atoms with Crippen LogP contribution in [0, 0.1) is 11.6 Å². The van der Waals surface area contributed by atoms with E-state index in [0.29, 0.717) is 58.6 Å². The van der Waals surface area contributed by atoms with Gasteiger partial charge in [0.25, 0.3) is 17.8 Å². The molecule has 6 rings (SSSR count). The van der Waals surface area contributed by atoms with E-state index in [0.717, 1.165) is 6.92 Å². The Morgan fingerprint density at radius 1 is 0.789 bits per heavy atom. The molecule has 304 valence electrons. The van der Waals surface area contributed by atoms with E-state index in [-0.39, 0.29) is 60.1 Å². The van der Waals surface area contributed by atoms with Crippen molar-refractivity contribution in [3.8, 4) is 23.0 Å². The van der Waals surface area contributed by atoms with Crippen LogP contribution in [0.15, 0.2) is 90.6 Å². The summed E-state index contributed by atoms with van der Waals surface area (Å²) in [5.74, 6) is -1.26. The summed E-state index contributed by atoms with van der Waals surface area (Å²) >= 11 is 10.1. The van der Waals surface area contributed by atoms with Crippen molar-refractivity contribution in [2.45, 2.75) is 28.2 Å². The number of nitrogens with one attached hydrogen (secondary N) is 2. The van der Waals surface area contributed by atoms with Crippen molar-refractivity contribution in [3.05, 3.63) is 113 Å². The van der Waals surface area contributed by atoms with E-state index in [1.54, 1.807) is 18.2 Å². The van der Waals surface area contributed by atoms with Gasteiger partial charge < -0.3 is 41.6 Å². The lowest BCUT2D eigenvalue weighted by atomic mass is 10.1. The van der Waals surface area contributed by atoms with Crippen molar-refractivity contribution in [3.63, 3.8) is 0 Å². The van der Waals surface area contributed by atoms with Gasteiger partial charge in [-0.25, -0.2) is 8.78 Å². The van der Waals surface area contributed by atoms with Gasteiger partial charge in [0.15, 0.2) is 33.2 Å². The quantitative estimate of drug-likeness (QED) is 0.0618. The lowest BCUT2D eigenvalue weighted by Crippen LogP contribution is -2.30. The molecule has 57 heavy (non-hydrogen) atoms. The van der Waals surface area contributed by atoms with Crippen LogP contribution in [0.25, 0.3) is 6.08 Å². The second kappa shape index (κ2) is 23.4. The third kappa shape index (κ3) is 14.3. The maximum Gasteiger partial charge on any atom is 0.300 e. The second-order valence-electron chi connectivity index (χ2n) is 10.9. The number of amides is 2. The highest BCUT2D eigenvalue weighted by atomic mass is 32.1. The minimum Gasteiger partial charge on any atom is -0.504 e. The van der Waals surface area contributed by atoms with E-state index < -0.39 is 11.8 Å². The van der Waals surface area contributed by atoms with Gasteiger partial charge >= 0.3 is 0 Å². The summed E-state index contributed by atoms with van der Waals surface area (Å²) in [6.45, 7) is 5.79. The number of anilines is 2. The number of ether oxygens (including phenoxy) is 2. The highest BCUT2D eigenvalue weighted by Gasteiger charge is 2.32. The van der Waals surface area contributed by atoms with Crippen LogP contribution >= 0.6 is 24.4 Å². The molecule has 0 atom stereocenters. The van der Waals surface area contributed by atoms with E-state index in [1.807, 2.05) is 13.8 Å². The van der Waals surface area contributed by atoms with Crippen molar-refractivity contribution in [1.29, 1.82) is 0 Å². The molecular formula is C39H43F2N5O9S2. The summed E-state index contributed by atoms with van der Waals surface area (Å²) in [7, 11) is 0. The number of rotatable bonds is 8. The zero-order valence-electron chi connectivity index (χ0n) is 30.3. The number of thiocarbonyl (C=S) groups is 2. The molecule has 2 heterocycles. The number of nitrogens with zero attached hydrogens (tertiary/aromatic N) is 2. The van der Waals surface area contributed by atoms with Crippen LogP contribution in [0.4, 0.5) is 20.2 Å². The zero-order chi connectivity index (χ0) is 40.7. The Balaban J connectivity index is 0.000000432. The largest absolute Gasteiger partial charge is 0.504 e. The zero-order valence-corrected chi connectivity index (χ0v) is 32.0. The Kier molecular flexibility index (Phi) is 19.9. The summed E-state index contributed by atoms with van der Waals surface area (Å²) in [6.07, 6.45) is 2.32. The average Bonchev–Trinajstić information content (AvgIpc) is 3.63. The normalized spacial score (nSPS) is 13.2. The molecule has 2 amide bonds. The number of phenolic OH excluding ortho intramolecular Hbond substituents is 2. The smallest absolute Gasteiger partial charge is 0.300 e. The molecule has 0 aliphatic carbocycles. The predicted octanol–water partition coefficient (Wildman–Crippen LogP) is 6.73. The van der Waals surface area contributed by atoms with Crippen molar-refractivity contribution >= 4 is 76.2 Å². The molecular weight excluding hydrogens is 785 g/mol. The van der Waals surface area contributed by atoms with E-state index in [1.165, 1.54) is 82.6 Å². The number of carbonyl (C=O) groups is 4. The summed E-state index contributed by atoms with van der Waals surface area (Å²) < 4.78 is 36.1. The van der Waals surface area contributed by atoms with Gasteiger partial charge in [-0.05, 0) is 129 Å². The Labute approximate surface area is 338 Å².